The molecule has 0 saturated heterocycles. The lowest BCUT2D eigenvalue weighted by molar-refractivity contribution is 0.0176. The third kappa shape index (κ3) is 5.45. The van der Waals surface area contributed by atoms with Crippen LogP contribution < -0.4 is 0 Å². The van der Waals surface area contributed by atoms with E-state index < -0.39 is 8.32 Å². The SMILES string of the molecule is CC[Si](CC)(CC)O[C@H]1CCC[C@]2(C)C([C@H](C)CCSC(C)(C)C)=CC[C@@H]12. The Hall–Kier alpha value is 0.267. The van der Waals surface area contributed by atoms with Gasteiger partial charge in [-0.05, 0) is 66.8 Å². The highest BCUT2D eigenvalue weighted by molar-refractivity contribution is 8.00. The standard InChI is InChI=1S/C24H46OSSi/c1-9-27(10-2,11-3)25-22-13-12-17-24(8)20(14-15-21(22)24)19(4)16-18-26-23(5,6)7/h14,19,21-22H,9-13,15-18H2,1-8H3/t19-,21+,22+,24-/m1/s1. The predicted molar refractivity (Wildman–Crippen MR) is 126 cm³/mol. The van der Waals surface area contributed by atoms with Crippen molar-refractivity contribution in [2.45, 2.75) is 116 Å². The highest BCUT2D eigenvalue weighted by atomic mass is 32.2. The summed E-state index contributed by atoms with van der Waals surface area (Å²) in [5.41, 5.74) is 2.16. The molecule has 2 aliphatic rings. The number of fused-ring (bicyclic) bond motifs is 1. The van der Waals surface area contributed by atoms with E-state index >= 15 is 0 Å². The van der Waals surface area contributed by atoms with Gasteiger partial charge in [-0.2, -0.15) is 11.8 Å². The summed E-state index contributed by atoms with van der Waals surface area (Å²) < 4.78 is 7.44. The molecule has 4 atom stereocenters. The monoisotopic (exact) mass is 410 g/mol. The Kier molecular flexibility index (Phi) is 8.19. The number of allylic oxidation sites excluding steroid dienone is 2. The molecule has 0 amide bonds. The van der Waals surface area contributed by atoms with E-state index in [0.29, 0.717) is 16.3 Å². The quantitative estimate of drug-likeness (QED) is 0.281. The van der Waals surface area contributed by atoms with Gasteiger partial charge in [-0.15, -0.1) is 0 Å². The van der Waals surface area contributed by atoms with Gasteiger partial charge in [0, 0.05) is 10.9 Å². The molecule has 27 heavy (non-hydrogen) atoms. The third-order valence-electron chi connectivity index (χ3n) is 7.65. The van der Waals surface area contributed by atoms with Crippen LogP contribution in [0, 0.1) is 17.3 Å². The van der Waals surface area contributed by atoms with Crippen molar-refractivity contribution < 1.29 is 4.43 Å². The summed E-state index contributed by atoms with van der Waals surface area (Å²) in [5, 5.41) is 0. The predicted octanol–water partition coefficient (Wildman–Crippen LogP) is 8.07. The second-order valence-corrected chi connectivity index (χ2v) is 17.0. The molecule has 0 unspecified atom stereocenters. The highest BCUT2D eigenvalue weighted by Crippen LogP contribution is 2.56. The van der Waals surface area contributed by atoms with Crippen LogP contribution in [-0.4, -0.2) is 24.9 Å². The molecule has 0 aromatic heterocycles. The molecule has 0 N–H and O–H groups in total. The fourth-order valence-electron chi connectivity index (χ4n) is 5.65. The van der Waals surface area contributed by atoms with E-state index in [-0.39, 0.29) is 0 Å². The first-order chi connectivity index (χ1) is 12.6. The van der Waals surface area contributed by atoms with Gasteiger partial charge in [0.1, 0.15) is 0 Å². The molecule has 0 aliphatic heterocycles. The van der Waals surface area contributed by atoms with E-state index in [1.54, 1.807) is 5.57 Å². The summed E-state index contributed by atoms with van der Waals surface area (Å²) in [7, 11) is -1.52. The van der Waals surface area contributed by atoms with Gasteiger partial charge >= 0.3 is 0 Å². The lowest BCUT2D eigenvalue weighted by Crippen LogP contribution is -2.48. The zero-order chi connectivity index (χ0) is 20.3. The Labute approximate surface area is 175 Å². The van der Waals surface area contributed by atoms with Crippen LogP contribution in [0.2, 0.25) is 18.1 Å². The van der Waals surface area contributed by atoms with Gasteiger partial charge < -0.3 is 4.43 Å². The first-order valence-electron chi connectivity index (χ1n) is 11.6. The van der Waals surface area contributed by atoms with E-state index in [1.165, 1.54) is 56.0 Å². The zero-order valence-corrected chi connectivity index (χ0v) is 21.3. The molecule has 0 bridgehead atoms. The van der Waals surface area contributed by atoms with Gasteiger partial charge in [0.2, 0.25) is 0 Å². The van der Waals surface area contributed by atoms with Crippen LogP contribution in [0.1, 0.15) is 87.5 Å². The number of rotatable bonds is 9. The molecule has 0 spiro atoms. The van der Waals surface area contributed by atoms with Crippen molar-refractivity contribution in [3.05, 3.63) is 11.6 Å². The van der Waals surface area contributed by atoms with Crippen LogP contribution in [0.5, 0.6) is 0 Å². The Morgan fingerprint density at radius 3 is 2.41 bits per heavy atom. The number of thioether (sulfide) groups is 1. The normalized spacial score (nSPS) is 30.1. The molecule has 2 aliphatic carbocycles. The lowest BCUT2D eigenvalue weighted by Gasteiger charge is -2.48. The van der Waals surface area contributed by atoms with Gasteiger partial charge in [0.25, 0.3) is 0 Å². The van der Waals surface area contributed by atoms with Gasteiger partial charge in [-0.1, -0.05) is 73.5 Å². The molecule has 0 radical (unpaired) electrons. The minimum absolute atomic E-state index is 0.383. The molecule has 158 valence electrons. The Morgan fingerprint density at radius 2 is 1.85 bits per heavy atom. The Balaban J connectivity index is 2.05. The maximum Gasteiger partial charge on any atom is 0.192 e. The largest absolute Gasteiger partial charge is 0.414 e. The van der Waals surface area contributed by atoms with Crippen LogP contribution in [0.4, 0.5) is 0 Å². The molecule has 1 nitrogen and oxygen atoms in total. The minimum atomic E-state index is -1.52. The summed E-state index contributed by atoms with van der Waals surface area (Å²) >= 11 is 2.12. The molecule has 0 heterocycles. The second kappa shape index (κ2) is 9.39. The van der Waals surface area contributed by atoms with Crippen molar-refractivity contribution in [3.8, 4) is 0 Å². The van der Waals surface area contributed by atoms with Crippen molar-refractivity contribution in [2.24, 2.45) is 17.3 Å². The molecule has 1 saturated carbocycles. The van der Waals surface area contributed by atoms with E-state index in [2.05, 4.69) is 73.2 Å². The average Bonchev–Trinajstić information content (AvgIpc) is 2.96. The van der Waals surface area contributed by atoms with E-state index in [1.807, 2.05) is 0 Å². The lowest BCUT2D eigenvalue weighted by atomic mass is 9.63. The fraction of sp³-hybridized carbons (Fsp3) is 0.917. The Morgan fingerprint density at radius 1 is 1.22 bits per heavy atom. The topological polar surface area (TPSA) is 9.23 Å². The van der Waals surface area contributed by atoms with Crippen LogP contribution >= 0.6 is 11.8 Å². The van der Waals surface area contributed by atoms with E-state index in [9.17, 15) is 0 Å². The maximum atomic E-state index is 7.06. The molecule has 2 rings (SSSR count). The van der Waals surface area contributed by atoms with Crippen LogP contribution in [-0.2, 0) is 4.43 Å². The van der Waals surface area contributed by atoms with Crippen molar-refractivity contribution >= 4 is 20.1 Å². The summed E-state index contributed by atoms with van der Waals surface area (Å²) in [5.74, 6) is 2.73. The number of hydrogen-bond donors (Lipinski definition) is 0. The summed E-state index contributed by atoms with van der Waals surface area (Å²) in [6, 6.07) is 3.84. The van der Waals surface area contributed by atoms with Crippen LogP contribution in [0.15, 0.2) is 11.6 Å². The molecular formula is C24H46OSSi. The summed E-state index contributed by atoms with van der Waals surface area (Å²) in [4.78, 5) is 0. The van der Waals surface area contributed by atoms with Gasteiger partial charge in [-0.3, -0.25) is 0 Å². The summed E-state index contributed by atoms with van der Waals surface area (Å²) in [6.07, 6.45) is 9.74. The minimum Gasteiger partial charge on any atom is -0.414 e. The fourth-order valence-corrected chi connectivity index (χ4v) is 9.66. The van der Waals surface area contributed by atoms with Crippen molar-refractivity contribution in [2.75, 3.05) is 5.75 Å². The van der Waals surface area contributed by atoms with E-state index in [0.717, 1.165) is 11.8 Å². The molecule has 3 heteroatoms. The second-order valence-electron chi connectivity index (χ2n) is 10.4. The molecule has 0 aromatic carbocycles. The first kappa shape index (κ1) is 23.5. The van der Waals surface area contributed by atoms with E-state index in [4.69, 9.17) is 4.43 Å². The number of hydrogen-bond acceptors (Lipinski definition) is 2. The smallest absolute Gasteiger partial charge is 0.192 e. The van der Waals surface area contributed by atoms with Crippen molar-refractivity contribution in [1.82, 2.24) is 0 Å². The highest BCUT2D eigenvalue weighted by Gasteiger charge is 2.50. The summed E-state index contributed by atoms with van der Waals surface area (Å²) in [6.45, 7) is 19.2. The third-order valence-corrected chi connectivity index (χ3v) is 13.6. The Bertz CT molecular complexity index is 497. The molecule has 0 aromatic rings. The molecule has 1 fully saturated rings. The average molecular weight is 411 g/mol. The van der Waals surface area contributed by atoms with Gasteiger partial charge in [0.15, 0.2) is 8.32 Å². The van der Waals surface area contributed by atoms with Crippen LogP contribution in [0.25, 0.3) is 0 Å². The molecular weight excluding hydrogens is 364 g/mol. The first-order valence-corrected chi connectivity index (χ1v) is 15.1. The van der Waals surface area contributed by atoms with Gasteiger partial charge in [0.05, 0.1) is 0 Å². The maximum absolute atomic E-state index is 7.06. The van der Waals surface area contributed by atoms with Gasteiger partial charge in [-0.25, -0.2) is 0 Å². The zero-order valence-electron chi connectivity index (χ0n) is 19.5. The van der Waals surface area contributed by atoms with Crippen LogP contribution in [0.3, 0.4) is 0 Å². The van der Waals surface area contributed by atoms with Crippen molar-refractivity contribution in [3.63, 3.8) is 0 Å². The van der Waals surface area contributed by atoms with Crippen molar-refractivity contribution in [1.29, 1.82) is 0 Å².